The van der Waals surface area contributed by atoms with Gasteiger partial charge in [0.1, 0.15) is 10.9 Å². The van der Waals surface area contributed by atoms with E-state index in [4.69, 9.17) is 9.26 Å². The third-order valence-electron chi connectivity index (χ3n) is 2.74. The summed E-state index contributed by atoms with van der Waals surface area (Å²) in [7, 11) is 0. The van der Waals surface area contributed by atoms with Crippen LogP contribution in [0.4, 0.5) is 0 Å². The fourth-order valence-corrected chi connectivity index (χ4v) is 2.55. The second-order valence-corrected chi connectivity index (χ2v) is 5.26. The molecule has 20 heavy (non-hydrogen) atoms. The molecule has 0 saturated heterocycles. The zero-order chi connectivity index (χ0) is 14.5. The number of carbonyl (C=O) groups excluding carboxylic acids is 1. The molecule has 1 unspecified atom stereocenters. The molecular formula is C13H17N3O3S. The van der Waals surface area contributed by atoms with Crippen molar-refractivity contribution in [3.63, 3.8) is 0 Å². The van der Waals surface area contributed by atoms with Crippen molar-refractivity contribution in [1.29, 1.82) is 0 Å². The third kappa shape index (κ3) is 3.41. The van der Waals surface area contributed by atoms with Gasteiger partial charge in [0.15, 0.2) is 5.82 Å². The van der Waals surface area contributed by atoms with Crippen LogP contribution in [-0.4, -0.2) is 27.7 Å². The number of hydrogen-bond acceptors (Lipinski definition) is 7. The van der Waals surface area contributed by atoms with Crippen molar-refractivity contribution in [2.45, 2.75) is 39.5 Å². The van der Waals surface area contributed by atoms with E-state index in [0.29, 0.717) is 31.2 Å². The largest absolute Gasteiger partial charge is 0.465 e. The molecular weight excluding hydrogens is 278 g/mol. The molecule has 7 heteroatoms. The van der Waals surface area contributed by atoms with Crippen LogP contribution < -0.4 is 0 Å². The fraction of sp³-hybridized carbons (Fsp3) is 0.538. The summed E-state index contributed by atoms with van der Waals surface area (Å²) in [4.78, 5) is 20.4. The standard InChI is InChI=1S/C13H17N3O3S/c1-4-9(13(17)18-5-2)12-15-10(16-19-12)6-11-14-8(3)7-20-11/h7,9H,4-6H2,1-3H3. The maximum Gasteiger partial charge on any atom is 0.318 e. The lowest BCUT2D eigenvalue weighted by molar-refractivity contribution is -0.145. The van der Waals surface area contributed by atoms with Gasteiger partial charge in [-0.15, -0.1) is 11.3 Å². The Balaban J connectivity index is 2.09. The first kappa shape index (κ1) is 14.6. The van der Waals surface area contributed by atoms with Crippen LogP contribution in [0.3, 0.4) is 0 Å². The van der Waals surface area contributed by atoms with E-state index in [-0.39, 0.29) is 5.97 Å². The smallest absolute Gasteiger partial charge is 0.318 e. The first-order valence-corrected chi connectivity index (χ1v) is 7.42. The highest BCUT2D eigenvalue weighted by Gasteiger charge is 2.26. The molecule has 0 N–H and O–H groups in total. The Morgan fingerprint density at radius 2 is 2.25 bits per heavy atom. The number of thiazole rings is 1. The zero-order valence-corrected chi connectivity index (χ0v) is 12.6. The Morgan fingerprint density at radius 1 is 1.45 bits per heavy atom. The van der Waals surface area contributed by atoms with Crippen LogP contribution in [0.2, 0.25) is 0 Å². The normalized spacial score (nSPS) is 12.3. The SMILES string of the molecule is CCOC(=O)C(CC)c1nc(Cc2nc(C)cs2)no1. The molecule has 0 radical (unpaired) electrons. The molecule has 0 bridgehead atoms. The van der Waals surface area contributed by atoms with E-state index in [9.17, 15) is 4.79 Å². The molecule has 0 aliphatic heterocycles. The van der Waals surface area contributed by atoms with Gasteiger partial charge < -0.3 is 9.26 Å². The molecule has 0 saturated carbocycles. The fourth-order valence-electron chi connectivity index (χ4n) is 1.78. The van der Waals surface area contributed by atoms with Crippen LogP contribution in [0.5, 0.6) is 0 Å². The molecule has 0 spiro atoms. The number of carbonyl (C=O) groups is 1. The highest BCUT2D eigenvalue weighted by atomic mass is 32.1. The number of ether oxygens (including phenoxy) is 1. The molecule has 0 aliphatic carbocycles. The van der Waals surface area contributed by atoms with Crippen LogP contribution in [0.1, 0.15) is 48.6 Å². The maximum atomic E-state index is 11.8. The van der Waals surface area contributed by atoms with Crippen molar-refractivity contribution in [3.8, 4) is 0 Å². The minimum atomic E-state index is -0.491. The van der Waals surface area contributed by atoms with E-state index < -0.39 is 5.92 Å². The Morgan fingerprint density at radius 3 is 2.85 bits per heavy atom. The summed E-state index contributed by atoms with van der Waals surface area (Å²) in [5, 5.41) is 6.81. The molecule has 6 nitrogen and oxygen atoms in total. The molecule has 0 aromatic carbocycles. The van der Waals surface area contributed by atoms with Gasteiger partial charge in [-0.25, -0.2) is 4.98 Å². The minimum absolute atomic E-state index is 0.314. The van der Waals surface area contributed by atoms with Gasteiger partial charge in [-0.3, -0.25) is 4.79 Å². The highest BCUT2D eigenvalue weighted by molar-refractivity contribution is 7.09. The molecule has 0 aliphatic rings. The van der Waals surface area contributed by atoms with Crippen molar-refractivity contribution in [1.82, 2.24) is 15.1 Å². The van der Waals surface area contributed by atoms with Crippen molar-refractivity contribution in [2.24, 2.45) is 0 Å². The molecule has 2 rings (SSSR count). The molecule has 1 atom stereocenters. The van der Waals surface area contributed by atoms with Crippen LogP contribution >= 0.6 is 11.3 Å². The number of rotatable bonds is 6. The van der Waals surface area contributed by atoms with Gasteiger partial charge in [0, 0.05) is 11.1 Å². The predicted octanol–water partition coefficient (Wildman–Crippen LogP) is 2.48. The Bertz CT molecular complexity index is 579. The van der Waals surface area contributed by atoms with Crippen LogP contribution in [-0.2, 0) is 16.0 Å². The highest BCUT2D eigenvalue weighted by Crippen LogP contribution is 2.20. The third-order valence-corrected chi connectivity index (χ3v) is 3.70. The van der Waals surface area contributed by atoms with Gasteiger partial charge in [-0.2, -0.15) is 4.98 Å². The van der Waals surface area contributed by atoms with Crippen LogP contribution in [0.25, 0.3) is 0 Å². The van der Waals surface area contributed by atoms with Crippen LogP contribution in [0.15, 0.2) is 9.90 Å². The van der Waals surface area contributed by atoms with Gasteiger partial charge >= 0.3 is 5.97 Å². The van der Waals surface area contributed by atoms with Crippen molar-refractivity contribution in [3.05, 3.63) is 27.8 Å². The quantitative estimate of drug-likeness (QED) is 0.762. The number of aromatic nitrogens is 3. The van der Waals surface area contributed by atoms with Crippen molar-refractivity contribution >= 4 is 17.3 Å². The number of aryl methyl sites for hydroxylation is 1. The maximum absolute atomic E-state index is 11.8. The van der Waals surface area contributed by atoms with E-state index in [1.807, 2.05) is 19.2 Å². The second kappa shape index (κ2) is 6.60. The van der Waals surface area contributed by atoms with Gasteiger partial charge in [0.25, 0.3) is 0 Å². The summed E-state index contributed by atoms with van der Waals surface area (Å²) in [5.74, 6) is 0.0378. The van der Waals surface area contributed by atoms with E-state index in [1.165, 1.54) is 0 Å². The Hall–Kier alpha value is -1.76. The molecule has 0 amide bonds. The first-order chi connectivity index (χ1) is 9.63. The van der Waals surface area contributed by atoms with E-state index in [1.54, 1.807) is 18.3 Å². The Labute approximate surface area is 121 Å². The van der Waals surface area contributed by atoms with Gasteiger partial charge in [-0.05, 0) is 20.3 Å². The zero-order valence-electron chi connectivity index (χ0n) is 11.8. The summed E-state index contributed by atoms with van der Waals surface area (Å²) in [6.07, 6.45) is 1.08. The van der Waals surface area contributed by atoms with Gasteiger partial charge in [-0.1, -0.05) is 12.1 Å². The summed E-state index contributed by atoms with van der Waals surface area (Å²) in [6.45, 7) is 5.94. The molecule has 0 fully saturated rings. The van der Waals surface area contributed by atoms with Gasteiger partial charge in [0.05, 0.1) is 13.0 Å². The summed E-state index contributed by atoms with van der Waals surface area (Å²) in [6, 6.07) is 0. The van der Waals surface area contributed by atoms with Crippen LogP contribution in [0, 0.1) is 6.92 Å². The molecule has 2 aromatic heterocycles. The lowest BCUT2D eigenvalue weighted by Gasteiger charge is -2.08. The van der Waals surface area contributed by atoms with Crippen molar-refractivity contribution < 1.29 is 14.1 Å². The first-order valence-electron chi connectivity index (χ1n) is 6.54. The summed E-state index contributed by atoms with van der Waals surface area (Å²) >= 11 is 1.56. The summed E-state index contributed by atoms with van der Waals surface area (Å²) < 4.78 is 10.2. The second-order valence-electron chi connectivity index (χ2n) is 4.32. The summed E-state index contributed by atoms with van der Waals surface area (Å²) in [5.41, 5.74) is 0.978. The lowest BCUT2D eigenvalue weighted by atomic mass is 10.1. The lowest BCUT2D eigenvalue weighted by Crippen LogP contribution is -2.15. The molecule has 2 aromatic rings. The molecule has 108 valence electrons. The van der Waals surface area contributed by atoms with E-state index >= 15 is 0 Å². The number of nitrogens with zero attached hydrogens (tertiary/aromatic N) is 3. The average molecular weight is 295 g/mol. The minimum Gasteiger partial charge on any atom is -0.465 e. The number of esters is 1. The average Bonchev–Trinajstić information content (AvgIpc) is 3.01. The van der Waals surface area contributed by atoms with E-state index in [0.717, 1.165) is 10.7 Å². The Kier molecular flexibility index (Phi) is 4.84. The predicted molar refractivity (Wildman–Crippen MR) is 73.6 cm³/mol. The topological polar surface area (TPSA) is 78.1 Å². The van der Waals surface area contributed by atoms with Gasteiger partial charge in [0.2, 0.25) is 5.89 Å². The monoisotopic (exact) mass is 295 g/mol. The number of hydrogen-bond donors (Lipinski definition) is 0. The van der Waals surface area contributed by atoms with Crippen molar-refractivity contribution in [2.75, 3.05) is 6.61 Å². The van der Waals surface area contributed by atoms with E-state index in [2.05, 4.69) is 15.1 Å². The molecule has 2 heterocycles.